The minimum atomic E-state index is -0.807. The Labute approximate surface area is 195 Å². The molecule has 0 saturated heterocycles. The number of carbonyl (C=O) groups excluding carboxylic acids is 1. The zero-order valence-corrected chi connectivity index (χ0v) is 19.5. The van der Waals surface area contributed by atoms with Gasteiger partial charge in [0.15, 0.2) is 11.5 Å². The van der Waals surface area contributed by atoms with Gasteiger partial charge in [-0.2, -0.15) is 9.78 Å². The number of hydrogen-bond donors (Lipinski definition) is 1. The molecule has 174 valence electrons. The van der Waals surface area contributed by atoms with Crippen molar-refractivity contribution in [3.63, 3.8) is 0 Å². The summed E-state index contributed by atoms with van der Waals surface area (Å²) >= 11 is 6.25. The molecule has 3 rings (SSSR count). The van der Waals surface area contributed by atoms with Crippen LogP contribution in [0.5, 0.6) is 11.5 Å². The Morgan fingerprint density at radius 2 is 1.79 bits per heavy atom. The van der Waals surface area contributed by atoms with Crippen molar-refractivity contribution in [3.05, 3.63) is 79.6 Å². The quantitative estimate of drug-likeness (QED) is 0.540. The van der Waals surface area contributed by atoms with Crippen LogP contribution in [0.15, 0.2) is 52.1 Å². The van der Waals surface area contributed by atoms with Crippen molar-refractivity contribution < 1.29 is 14.3 Å². The van der Waals surface area contributed by atoms with Crippen LogP contribution in [0.25, 0.3) is 5.69 Å². The van der Waals surface area contributed by atoms with Gasteiger partial charge in [0.2, 0.25) is 5.69 Å². The second-order valence-electron chi connectivity index (χ2n) is 7.67. The second kappa shape index (κ2) is 10.4. The first-order chi connectivity index (χ1) is 15.8. The van der Waals surface area contributed by atoms with Crippen molar-refractivity contribution in [2.24, 2.45) is 5.92 Å². The Hall–Kier alpha value is -3.59. The lowest BCUT2D eigenvalue weighted by atomic mass is 10.2. The number of ether oxygens (including phenoxy) is 2. The van der Waals surface area contributed by atoms with E-state index in [1.54, 1.807) is 36.4 Å². The Bertz CT molecular complexity index is 1280. The molecule has 0 aliphatic rings. The molecule has 33 heavy (non-hydrogen) atoms. The van der Waals surface area contributed by atoms with Crippen molar-refractivity contribution in [3.8, 4) is 17.2 Å². The van der Waals surface area contributed by atoms with Gasteiger partial charge >= 0.3 is 5.69 Å². The molecular weight excluding hydrogens is 448 g/mol. The third kappa shape index (κ3) is 5.25. The number of benzene rings is 2. The molecule has 9 nitrogen and oxygen atoms in total. The summed E-state index contributed by atoms with van der Waals surface area (Å²) in [7, 11) is 2.95. The Kier molecular flexibility index (Phi) is 7.55. The molecule has 1 N–H and O–H groups in total. The zero-order chi connectivity index (χ0) is 24.1. The first-order valence-corrected chi connectivity index (χ1v) is 10.6. The van der Waals surface area contributed by atoms with E-state index >= 15 is 0 Å². The summed E-state index contributed by atoms with van der Waals surface area (Å²) in [4.78, 5) is 39.2. The lowest BCUT2D eigenvalue weighted by Gasteiger charge is -2.14. The van der Waals surface area contributed by atoms with Crippen molar-refractivity contribution in [1.29, 1.82) is 0 Å². The van der Waals surface area contributed by atoms with Gasteiger partial charge in [0.05, 0.1) is 26.5 Å². The molecule has 10 heteroatoms. The third-order valence-corrected chi connectivity index (χ3v) is 5.21. The Balaban J connectivity index is 2.21. The summed E-state index contributed by atoms with van der Waals surface area (Å²) < 4.78 is 12.5. The highest BCUT2D eigenvalue weighted by atomic mass is 35.5. The SMILES string of the molecule is COc1ccc(-n2nc(C(=O)NCC(C)C)c(=O)n(Cc3ccccc3Cl)c2=O)cc1OC. The van der Waals surface area contributed by atoms with Gasteiger partial charge in [-0.15, -0.1) is 0 Å². The van der Waals surface area contributed by atoms with Crippen molar-refractivity contribution in [1.82, 2.24) is 19.7 Å². The number of halogens is 1. The van der Waals surface area contributed by atoms with Crippen LogP contribution in [0.4, 0.5) is 0 Å². The molecule has 1 amide bonds. The number of nitrogens with zero attached hydrogens (tertiary/aromatic N) is 3. The molecular formula is C23H25ClN4O5. The van der Waals surface area contributed by atoms with E-state index < -0.39 is 22.9 Å². The minimum Gasteiger partial charge on any atom is -0.493 e. The number of amides is 1. The Morgan fingerprint density at radius 3 is 2.42 bits per heavy atom. The molecule has 0 aliphatic carbocycles. The van der Waals surface area contributed by atoms with Gasteiger partial charge in [-0.25, -0.2) is 4.79 Å². The smallest absolute Gasteiger partial charge is 0.352 e. The van der Waals surface area contributed by atoms with Crippen LogP contribution in [0.1, 0.15) is 29.9 Å². The van der Waals surface area contributed by atoms with Crippen molar-refractivity contribution in [2.75, 3.05) is 20.8 Å². The fourth-order valence-electron chi connectivity index (χ4n) is 3.10. The Morgan fingerprint density at radius 1 is 1.09 bits per heavy atom. The van der Waals surface area contributed by atoms with E-state index in [2.05, 4.69) is 10.4 Å². The molecule has 3 aromatic rings. The molecule has 0 fully saturated rings. The average molecular weight is 473 g/mol. The number of rotatable bonds is 8. The highest BCUT2D eigenvalue weighted by molar-refractivity contribution is 6.31. The van der Waals surface area contributed by atoms with Gasteiger partial charge in [-0.3, -0.25) is 14.2 Å². The predicted octanol–water partition coefficient (Wildman–Crippen LogP) is 2.50. The number of carbonyl (C=O) groups is 1. The summed E-state index contributed by atoms with van der Waals surface area (Å²) in [5.74, 6) is 0.304. The van der Waals surface area contributed by atoms with Crippen LogP contribution >= 0.6 is 11.6 Å². The molecule has 0 spiro atoms. The van der Waals surface area contributed by atoms with Crippen LogP contribution in [-0.2, 0) is 6.54 Å². The van der Waals surface area contributed by atoms with Crippen LogP contribution in [0.3, 0.4) is 0 Å². The van der Waals surface area contributed by atoms with Gasteiger partial charge in [0, 0.05) is 17.6 Å². The molecule has 0 radical (unpaired) electrons. The lowest BCUT2D eigenvalue weighted by Crippen LogP contribution is -2.46. The molecule has 1 heterocycles. The van der Waals surface area contributed by atoms with Gasteiger partial charge in [-0.1, -0.05) is 43.6 Å². The number of methoxy groups -OCH3 is 2. The van der Waals surface area contributed by atoms with E-state index in [-0.39, 0.29) is 12.5 Å². The van der Waals surface area contributed by atoms with E-state index in [0.29, 0.717) is 34.3 Å². The number of hydrogen-bond acceptors (Lipinski definition) is 6. The molecule has 0 unspecified atom stereocenters. The predicted molar refractivity (Wildman–Crippen MR) is 125 cm³/mol. The van der Waals surface area contributed by atoms with Gasteiger partial charge < -0.3 is 14.8 Å². The van der Waals surface area contributed by atoms with Gasteiger partial charge in [0.25, 0.3) is 11.5 Å². The second-order valence-corrected chi connectivity index (χ2v) is 8.08. The summed E-state index contributed by atoms with van der Waals surface area (Å²) in [6.07, 6.45) is 0. The van der Waals surface area contributed by atoms with Crippen LogP contribution in [0.2, 0.25) is 5.02 Å². The third-order valence-electron chi connectivity index (χ3n) is 4.84. The van der Waals surface area contributed by atoms with Gasteiger partial charge in [-0.05, 0) is 29.7 Å². The topological polar surface area (TPSA) is 104 Å². The first-order valence-electron chi connectivity index (χ1n) is 10.2. The summed E-state index contributed by atoms with van der Waals surface area (Å²) in [5, 5.41) is 7.18. The normalized spacial score (nSPS) is 10.8. The molecule has 2 aromatic carbocycles. The van der Waals surface area contributed by atoms with Crippen molar-refractivity contribution in [2.45, 2.75) is 20.4 Å². The monoisotopic (exact) mass is 472 g/mol. The minimum absolute atomic E-state index is 0.127. The maximum absolute atomic E-state index is 13.3. The standard InChI is InChI=1S/C23H25ClN4O5/c1-14(2)12-25-21(29)20-22(30)27(13-15-7-5-6-8-17(15)24)23(31)28(26-20)16-9-10-18(32-3)19(11-16)33-4/h5-11,14H,12-13H2,1-4H3,(H,25,29). The van der Waals surface area contributed by atoms with Crippen LogP contribution < -0.4 is 26.0 Å². The molecule has 0 bridgehead atoms. The number of aromatic nitrogens is 3. The molecule has 0 atom stereocenters. The van der Waals surface area contributed by atoms with Crippen molar-refractivity contribution >= 4 is 17.5 Å². The maximum atomic E-state index is 13.3. The summed E-state index contributed by atoms with van der Waals surface area (Å²) in [5.41, 5.74) is -1.09. The molecule has 0 saturated carbocycles. The largest absolute Gasteiger partial charge is 0.493 e. The maximum Gasteiger partial charge on any atom is 0.352 e. The summed E-state index contributed by atoms with van der Waals surface area (Å²) in [6.45, 7) is 4.07. The molecule has 0 aliphatic heterocycles. The first kappa shape index (κ1) is 24.1. The molecule has 1 aromatic heterocycles. The zero-order valence-electron chi connectivity index (χ0n) is 18.8. The van der Waals surface area contributed by atoms with E-state index in [1.165, 1.54) is 20.3 Å². The van der Waals surface area contributed by atoms with Crippen LogP contribution in [-0.4, -0.2) is 41.0 Å². The van der Waals surface area contributed by atoms with E-state index in [0.717, 1.165) is 9.25 Å². The van der Waals surface area contributed by atoms with E-state index in [1.807, 2.05) is 13.8 Å². The highest BCUT2D eigenvalue weighted by Crippen LogP contribution is 2.28. The van der Waals surface area contributed by atoms with E-state index in [4.69, 9.17) is 21.1 Å². The average Bonchev–Trinajstić information content (AvgIpc) is 2.81. The lowest BCUT2D eigenvalue weighted by molar-refractivity contribution is 0.0939. The van der Waals surface area contributed by atoms with E-state index in [9.17, 15) is 14.4 Å². The van der Waals surface area contributed by atoms with Gasteiger partial charge in [0.1, 0.15) is 0 Å². The van der Waals surface area contributed by atoms with Crippen LogP contribution in [0, 0.1) is 5.92 Å². The summed E-state index contributed by atoms with van der Waals surface area (Å²) in [6, 6.07) is 11.6. The highest BCUT2D eigenvalue weighted by Gasteiger charge is 2.21. The fourth-order valence-corrected chi connectivity index (χ4v) is 3.29. The number of nitrogens with one attached hydrogen (secondary N) is 1. The fraction of sp³-hybridized carbons (Fsp3) is 0.304.